The predicted molar refractivity (Wildman–Crippen MR) is 109 cm³/mol. The first-order valence-electron chi connectivity index (χ1n) is 10.2. The molecule has 3 heterocycles. The fourth-order valence-corrected chi connectivity index (χ4v) is 4.84. The number of hydrogen-bond donors (Lipinski definition) is 0. The zero-order valence-corrected chi connectivity index (χ0v) is 17.2. The van der Waals surface area contributed by atoms with Gasteiger partial charge in [0.05, 0.1) is 37.7 Å². The molecular formula is C23H25N3O4. The number of carbonyl (C=O) groups is 2. The van der Waals surface area contributed by atoms with E-state index in [-0.39, 0.29) is 29.9 Å². The number of furan rings is 1. The average molecular weight is 407 g/mol. The molecule has 0 saturated carbocycles. The van der Waals surface area contributed by atoms with E-state index in [0.29, 0.717) is 37.4 Å². The van der Waals surface area contributed by atoms with Crippen LogP contribution in [0.1, 0.15) is 31.1 Å². The zero-order valence-electron chi connectivity index (χ0n) is 17.2. The van der Waals surface area contributed by atoms with Crippen LogP contribution in [-0.4, -0.2) is 54.0 Å². The maximum atomic E-state index is 12.9. The van der Waals surface area contributed by atoms with Crippen LogP contribution in [0.5, 0.6) is 0 Å². The molecule has 2 aliphatic heterocycles. The molecule has 7 heteroatoms. The van der Waals surface area contributed by atoms with Gasteiger partial charge >= 0.3 is 5.97 Å². The Morgan fingerprint density at radius 2 is 2.10 bits per heavy atom. The van der Waals surface area contributed by atoms with E-state index >= 15 is 0 Å². The minimum absolute atomic E-state index is 0.00838. The molecule has 2 fully saturated rings. The van der Waals surface area contributed by atoms with Crippen LogP contribution < -0.4 is 0 Å². The van der Waals surface area contributed by atoms with Crippen molar-refractivity contribution in [1.29, 1.82) is 5.26 Å². The first-order valence-corrected chi connectivity index (χ1v) is 10.2. The molecule has 4 rings (SSSR count). The van der Waals surface area contributed by atoms with Gasteiger partial charge < -0.3 is 14.1 Å². The highest BCUT2D eigenvalue weighted by Gasteiger charge is 2.49. The highest BCUT2D eigenvalue weighted by Crippen LogP contribution is 2.36. The van der Waals surface area contributed by atoms with Crippen molar-refractivity contribution < 1.29 is 18.7 Å². The van der Waals surface area contributed by atoms with E-state index < -0.39 is 0 Å². The lowest BCUT2D eigenvalue weighted by Crippen LogP contribution is -2.55. The Morgan fingerprint density at radius 1 is 1.30 bits per heavy atom. The smallest absolute Gasteiger partial charge is 0.310 e. The predicted octanol–water partition coefficient (Wildman–Crippen LogP) is 2.80. The molecule has 1 aromatic carbocycles. The van der Waals surface area contributed by atoms with Crippen molar-refractivity contribution >= 4 is 11.9 Å². The van der Waals surface area contributed by atoms with Crippen molar-refractivity contribution in [2.75, 3.05) is 20.2 Å². The van der Waals surface area contributed by atoms with Crippen LogP contribution in [0.4, 0.5) is 0 Å². The molecule has 0 radical (unpaired) electrons. The van der Waals surface area contributed by atoms with Crippen LogP contribution in [0.2, 0.25) is 0 Å². The summed E-state index contributed by atoms with van der Waals surface area (Å²) in [6.45, 7) is 3.50. The molecule has 2 saturated heterocycles. The van der Waals surface area contributed by atoms with Crippen LogP contribution >= 0.6 is 0 Å². The summed E-state index contributed by atoms with van der Waals surface area (Å²) in [7, 11) is 1.40. The number of nitrogens with zero attached hydrogens (tertiary/aromatic N) is 3. The van der Waals surface area contributed by atoms with Crippen molar-refractivity contribution in [3.05, 3.63) is 47.7 Å². The number of fused-ring (bicyclic) bond motifs is 1. The van der Waals surface area contributed by atoms with Crippen LogP contribution in [0.15, 0.2) is 40.8 Å². The summed E-state index contributed by atoms with van der Waals surface area (Å²) in [5.41, 5.74) is 1.32. The van der Waals surface area contributed by atoms with Crippen molar-refractivity contribution in [3.8, 4) is 17.4 Å². The second-order valence-electron chi connectivity index (χ2n) is 7.89. The van der Waals surface area contributed by atoms with Gasteiger partial charge in [0.1, 0.15) is 11.5 Å². The lowest BCUT2D eigenvalue weighted by atomic mass is 9.97. The first kappa shape index (κ1) is 20.2. The van der Waals surface area contributed by atoms with E-state index in [9.17, 15) is 14.9 Å². The SMILES string of the molecule is CC[C@H]1[C@@H](C(=O)OC)C[C@H]2CN(Cc3ccc(-c4ccccc4C#N)o3)CC(=O)N21. The van der Waals surface area contributed by atoms with Crippen LogP contribution in [0, 0.1) is 17.2 Å². The number of rotatable bonds is 5. The molecule has 0 aliphatic carbocycles. The zero-order chi connectivity index (χ0) is 21.3. The molecule has 2 aromatic rings. The number of methoxy groups -OCH3 is 1. The van der Waals surface area contributed by atoms with Gasteiger partial charge in [0.15, 0.2) is 0 Å². The summed E-state index contributed by atoms with van der Waals surface area (Å²) >= 11 is 0. The molecule has 1 aromatic heterocycles. The van der Waals surface area contributed by atoms with Crippen molar-refractivity contribution in [2.45, 2.75) is 38.4 Å². The van der Waals surface area contributed by atoms with Gasteiger partial charge in [-0.05, 0) is 37.1 Å². The second-order valence-corrected chi connectivity index (χ2v) is 7.89. The molecule has 7 nitrogen and oxygen atoms in total. The number of piperazine rings is 1. The monoisotopic (exact) mass is 407 g/mol. The van der Waals surface area contributed by atoms with Gasteiger partial charge in [-0.3, -0.25) is 14.5 Å². The van der Waals surface area contributed by atoms with Gasteiger partial charge in [0, 0.05) is 24.2 Å². The maximum absolute atomic E-state index is 12.9. The van der Waals surface area contributed by atoms with Gasteiger partial charge in [-0.25, -0.2) is 0 Å². The normalized spacial score (nSPS) is 23.8. The van der Waals surface area contributed by atoms with Gasteiger partial charge in [-0.1, -0.05) is 19.1 Å². The molecule has 30 heavy (non-hydrogen) atoms. The Balaban J connectivity index is 1.48. The number of esters is 1. The third kappa shape index (κ3) is 3.59. The second kappa shape index (κ2) is 8.33. The maximum Gasteiger partial charge on any atom is 0.310 e. The fourth-order valence-electron chi connectivity index (χ4n) is 4.84. The lowest BCUT2D eigenvalue weighted by molar-refractivity contribution is -0.147. The number of ether oxygens (including phenoxy) is 1. The minimum atomic E-state index is -0.258. The van der Waals surface area contributed by atoms with E-state index in [1.165, 1.54) is 7.11 Å². The summed E-state index contributed by atoms with van der Waals surface area (Å²) in [6.07, 6.45) is 1.37. The average Bonchev–Trinajstić information content (AvgIpc) is 3.37. The molecular weight excluding hydrogens is 382 g/mol. The van der Waals surface area contributed by atoms with Crippen molar-refractivity contribution in [3.63, 3.8) is 0 Å². The molecule has 0 N–H and O–H groups in total. The number of carbonyl (C=O) groups excluding carboxylic acids is 2. The van der Waals surface area contributed by atoms with Crippen LogP contribution in [0.3, 0.4) is 0 Å². The molecule has 0 bridgehead atoms. The fraction of sp³-hybridized carbons (Fsp3) is 0.435. The third-order valence-corrected chi connectivity index (χ3v) is 6.13. The summed E-state index contributed by atoms with van der Waals surface area (Å²) in [5.74, 6) is 0.943. The third-order valence-electron chi connectivity index (χ3n) is 6.13. The molecule has 1 amide bonds. The highest BCUT2D eigenvalue weighted by molar-refractivity contribution is 5.82. The topological polar surface area (TPSA) is 86.8 Å². The van der Waals surface area contributed by atoms with Gasteiger partial charge in [0.25, 0.3) is 0 Å². The van der Waals surface area contributed by atoms with Gasteiger partial charge in [0.2, 0.25) is 5.91 Å². The Kier molecular flexibility index (Phi) is 5.60. The van der Waals surface area contributed by atoms with Crippen LogP contribution in [0.25, 0.3) is 11.3 Å². The quantitative estimate of drug-likeness (QED) is 0.709. The number of benzene rings is 1. The van der Waals surface area contributed by atoms with Gasteiger partial charge in [-0.15, -0.1) is 0 Å². The van der Waals surface area contributed by atoms with E-state index in [1.54, 1.807) is 6.07 Å². The summed E-state index contributed by atoms with van der Waals surface area (Å²) in [4.78, 5) is 29.0. The molecule has 3 atom stereocenters. The Bertz CT molecular complexity index is 992. The van der Waals surface area contributed by atoms with Crippen LogP contribution in [-0.2, 0) is 20.9 Å². The first-order chi connectivity index (χ1) is 14.5. The highest BCUT2D eigenvalue weighted by atomic mass is 16.5. The number of hydrogen-bond acceptors (Lipinski definition) is 6. The molecule has 0 spiro atoms. The van der Waals surface area contributed by atoms with Crippen molar-refractivity contribution in [1.82, 2.24) is 9.80 Å². The molecule has 2 aliphatic rings. The summed E-state index contributed by atoms with van der Waals surface area (Å²) in [6, 6.07) is 13.2. The number of amides is 1. The van der Waals surface area contributed by atoms with Gasteiger partial charge in [-0.2, -0.15) is 5.26 Å². The van der Waals surface area contributed by atoms with E-state index in [2.05, 4.69) is 11.0 Å². The minimum Gasteiger partial charge on any atom is -0.469 e. The Labute approximate surface area is 175 Å². The standard InChI is InChI=1S/C23H25N3O4/c1-3-20-19(23(28)29-2)10-16-12-25(14-22(27)26(16)20)13-17-8-9-21(30-17)18-7-5-4-6-15(18)11-24/h4-9,16,19-20H,3,10,12-14H2,1-2H3/t16-,19-,20-/m0/s1. The summed E-state index contributed by atoms with van der Waals surface area (Å²) in [5, 5.41) is 9.31. The number of nitriles is 1. The Morgan fingerprint density at radius 3 is 2.83 bits per heavy atom. The largest absolute Gasteiger partial charge is 0.469 e. The summed E-state index contributed by atoms with van der Waals surface area (Å²) < 4.78 is 11.0. The van der Waals surface area contributed by atoms with E-state index in [4.69, 9.17) is 9.15 Å². The lowest BCUT2D eigenvalue weighted by Gasteiger charge is -2.39. The van der Waals surface area contributed by atoms with Crippen molar-refractivity contribution in [2.24, 2.45) is 5.92 Å². The molecule has 156 valence electrons. The molecule has 0 unspecified atom stereocenters. The van der Waals surface area contributed by atoms with E-state index in [0.717, 1.165) is 17.7 Å². The Hall–Kier alpha value is -3.11. The van der Waals surface area contributed by atoms with E-state index in [1.807, 2.05) is 42.2 Å².